The molecule has 1 fully saturated rings. The summed E-state index contributed by atoms with van der Waals surface area (Å²) in [6.07, 6.45) is 1.71. The van der Waals surface area contributed by atoms with E-state index in [1.54, 1.807) is 0 Å². The number of carbonyl (C=O) groups excluding carboxylic acids is 1. The van der Waals surface area contributed by atoms with Gasteiger partial charge in [-0.25, -0.2) is 8.42 Å². The van der Waals surface area contributed by atoms with Gasteiger partial charge in [-0.1, -0.05) is 32.0 Å². The molecule has 2 aromatic rings. The molecule has 0 spiro atoms. The van der Waals surface area contributed by atoms with Gasteiger partial charge >= 0.3 is 0 Å². The second-order valence-corrected chi connectivity index (χ2v) is 9.11. The lowest BCUT2D eigenvalue weighted by atomic mass is 10.0. The smallest absolute Gasteiger partial charge is 0.259 e. The van der Waals surface area contributed by atoms with Crippen LogP contribution < -0.4 is 10.1 Å². The molecule has 0 saturated carbocycles. The van der Waals surface area contributed by atoms with Gasteiger partial charge in [-0.3, -0.25) is 4.79 Å². The van der Waals surface area contributed by atoms with Gasteiger partial charge < -0.3 is 10.1 Å². The molecular formula is C21H26N2O4S. The van der Waals surface area contributed by atoms with E-state index in [-0.39, 0.29) is 16.4 Å². The molecule has 1 amide bonds. The van der Waals surface area contributed by atoms with Crippen LogP contribution in [0.1, 0.15) is 48.5 Å². The van der Waals surface area contributed by atoms with Crippen LogP contribution in [0, 0.1) is 0 Å². The van der Waals surface area contributed by atoms with E-state index in [1.165, 1.54) is 29.6 Å². The van der Waals surface area contributed by atoms with Gasteiger partial charge in [-0.2, -0.15) is 4.31 Å². The molecule has 0 unspecified atom stereocenters. The molecule has 1 aliphatic heterocycles. The van der Waals surface area contributed by atoms with E-state index in [0.29, 0.717) is 24.5 Å². The molecule has 0 atom stereocenters. The SMILES string of the molecule is COc1ccc(S(=O)(=O)N2CCCC2)cc1C(=O)Nc1ccccc1C(C)C. The third kappa shape index (κ3) is 4.05. The Balaban J connectivity index is 1.95. The van der Waals surface area contributed by atoms with Crippen LogP contribution in [-0.4, -0.2) is 38.8 Å². The van der Waals surface area contributed by atoms with Crippen molar-refractivity contribution < 1.29 is 17.9 Å². The van der Waals surface area contributed by atoms with Gasteiger partial charge in [0.1, 0.15) is 5.75 Å². The van der Waals surface area contributed by atoms with Crippen molar-refractivity contribution in [2.75, 3.05) is 25.5 Å². The maximum atomic E-state index is 13.0. The number of hydrogen-bond acceptors (Lipinski definition) is 4. The minimum atomic E-state index is -3.62. The summed E-state index contributed by atoms with van der Waals surface area (Å²) < 4.78 is 32.5. The van der Waals surface area contributed by atoms with Gasteiger partial charge in [0.25, 0.3) is 5.91 Å². The van der Waals surface area contributed by atoms with Crippen LogP contribution in [0.15, 0.2) is 47.4 Å². The van der Waals surface area contributed by atoms with Crippen molar-refractivity contribution in [3.63, 3.8) is 0 Å². The summed E-state index contributed by atoms with van der Waals surface area (Å²) in [5.74, 6) is 0.170. The first kappa shape index (κ1) is 20.4. The molecule has 1 saturated heterocycles. The Morgan fingerprint density at radius 1 is 1.11 bits per heavy atom. The second kappa shape index (κ2) is 8.32. The van der Waals surface area contributed by atoms with E-state index in [0.717, 1.165) is 18.4 Å². The van der Waals surface area contributed by atoms with Crippen LogP contribution in [-0.2, 0) is 10.0 Å². The number of sulfonamides is 1. The zero-order chi connectivity index (χ0) is 20.3. The van der Waals surface area contributed by atoms with Gasteiger partial charge in [0.15, 0.2) is 0 Å². The molecule has 0 radical (unpaired) electrons. The lowest BCUT2D eigenvalue weighted by Gasteiger charge is -2.18. The van der Waals surface area contributed by atoms with Crippen LogP contribution in [0.25, 0.3) is 0 Å². The van der Waals surface area contributed by atoms with E-state index < -0.39 is 15.9 Å². The average molecular weight is 403 g/mol. The number of nitrogens with zero attached hydrogens (tertiary/aromatic N) is 1. The molecule has 0 aliphatic carbocycles. The summed E-state index contributed by atoms with van der Waals surface area (Å²) in [5.41, 5.74) is 1.91. The molecule has 1 N–H and O–H groups in total. The third-order valence-corrected chi connectivity index (χ3v) is 6.84. The number of para-hydroxylation sites is 1. The zero-order valence-electron chi connectivity index (χ0n) is 16.4. The topological polar surface area (TPSA) is 75.7 Å². The first-order valence-electron chi connectivity index (χ1n) is 9.43. The first-order valence-corrected chi connectivity index (χ1v) is 10.9. The highest BCUT2D eigenvalue weighted by atomic mass is 32.2. The van der Waals surface area contributed by atoms with Crippen LogP contribution in [0.4, 0.5) is 5.69 Å². The zero-order valence-corrected chi connectivity index (χ0v) is 17.3. The summed E-state index contributed by atoms with van der Waals surface area (Å²) in [5, 5.41) is 2.90. The second-order valence-electron chi connectivity index (χ2n) is 7.17. The van der Waals surface area contributed by atoms with E-state index >= 15 is 0 Å². The highest BCUT2D eigenvalue weighted by molar-refractivity contribution is 7.89. The molecule has 6 nitrogen and oxygen atoms in total. The van der Waals surface area contributed by atoms with Crippen LogP contribution in [0.2, 0.25) is 0 Å². The van der Waals surface area contributed by atoms with Crippen LogP contribution in [0.3, 0.4) is 0 Å². The van der Waals surface area contributed by atoms with Crippen molar-refractivity contribution in [3.05, 3.63) is 53.6 Å². The molecule has 28 heavy (non-hydrogen) atoms. The van der Waals surface area contributed by atoms with Crippen LogP contribution in [0.5, 0.6) is 5.75 Å². The van der Waals surface area contributed by atoms with Gasteiger partial charge in [-0.05, 0) is 48.6 Å². The minimum Gasteiger partial charge on any atom is -0.496 e. The lowest BCUT2D eigenvalue weighted by Crippen LogP contribution is -2.28. The minimum absolute atomic E-state index is 0.109. The number of methoxy groups -OCH3 is 1. The number of ether oxygens (including phenoxy) is 1. The Labute approximate surface area is 166 Å². The highest BCUT2D eigenvalue weighted by Gasteiger charge is 2.28. The summed E-state index contributed by atoms with van der Waals surface area (Å²) in [7, 11) is -2.16. The first-order chi connectivity index (χ1) is 13.3. The van der Waals surface area contributed by atoms with E-state index in [4.69, 9.17) is 4.74 Å². The molecule has 150 valence electrons. The number of hydrogen-bond donors (Lipinski definition) is 1. The van der Waals surface area contributed by atoms with Crippen molar-refractivity contribution in [3.8, 4) is 5.75 Å². The lowest BCUT2D eigenvalue weighted by molar-refractivity contribution is 0.102. The monoisotopic (exact) mass is 402 g/mol. The molecule has 1 aliphatic rings. The van der Waals surface area contributed by atoms with Gasteiger partial charge in [0.05, 0.1) is 17.6 Å². The van der Waals surface area contributed by atoms with E-state index in [2.05, 4.69) is 19.2 Å². The number of rotatable bonds is 6. The van der Waals surface area contributed by atoms with Crippen molar-refractivity contribution in [1.82, 2.24) is 4.31 Å². The van der Waals surface area contributed by atoms with Crippen molar-refractivity contribution >= 4 is 21.6 Å². The van der Waals surface area contributed by atoms with Crippen molar-refractivity contribution in [2.45, 2.75) is 37.5 Å². The highest BCUT2D eigenvalue weighted by Crippen LogP contribution is 2.29. The summed E-state index contributed by atoms with van der Waals surface area (Å²) >= 11 is 0. The van der Waals surface area contributed by atoms with Crippen molar-refractivity contribution in [2.24, 2.45) is 0 Å². The number of nitrogens with one attached hydrogen (secondary N) is 1. The Morgan fingerprint density at radius 2 is 1.79 bits per heavy atom. The molecule has 3 rings (SSSR count). The van der Waals surface area contributed by atoms with Gasteiger partial charge in [0, 0.05) is 18.8 Å². The van der Waals surface area contributed by atoms with Gasteiger partial charge in [0.2, 0.25) is 10.0 Å². The summed E-state index contributed by atoms with van der Waals surface area (Å²) in [6.45, 7) is 5.12. The predicted molar refractivity (Wildman–Crippen MR) is 109 cm³/mol. The Hall–Kier alpha value is -2.38. The van der Waals surface area contributed by atoms with Crippen LogP contribution >= 0.6 is 0 Å². The fraction of sp³-hybridized carbons (Fsp3) is 0.381. The quantitative estimate of drug-likeness (QED) is 0.796. The average Bonchev–Trinajstić information content (AvgIpc) is 3.23. The Morgan fingerprint density at radius 3 is 2.43 bits per heavy atom. The number of anilines is 1. The maximum Gasteiger partial charge on any atom is 0.259 e. The number of benzene rings is 2. The normalized spacial score (nSPS) is 15.0. The standard InChI is InChI=1S/C21H26N2O4S/c1-15(2)17-8-4-5-9-19(17)22-21(24)18-14-16(10-11-20(18)27-3)28(25,26)23-12-6-7-13-23/h4-5,8-11,14-15H,6-7,12-13H2,1-3H3,(H,22,24). The summed E-state index contributed by atoms with van der Waals surface area (Å²) in [6, 6.07) is 12.0. The molecule has 2 aromatic carbocycles. The third-order valence-electron chi connectivity index (χ3n) is 4.95. The molecule has 7 heteroatoms. The largest absolute Gasteiger partial charge is 0.496 e. The molecule has 0 bridgehead atoms. The van der Waals surface area contributed by atoms with E-state index in [9.17, 15) is 13.2 Å². The fourth-order valence-corrected chi connectivity index (χ4v) is 4.95. The fourth-order valence-electron chi connectivity index (χ4n) is 3.41. The Bertz CT molecular complexity index is 964. The Kier molecular flexibility index (Phi) is 6.05. The molecule has 1 heterocycles. The predicted octanol–water partition coefficient (Wildman–Crippen LogP) is 3.86. The summed E-state index contributed by atoms with van der Waals surface area (Å²) in [4.78, 5) is 13.1. The van der Waals surface area contributed by atoms with E-state index in [1.807, 2.05) is 24.3 Å². The van der Waals surface area contributed by atoms with Gasteiger partial charge in [-0.15, -0.1) is 0 Å². The maximum absolute atomic E-state index is 13.0. The number of carbonyl (C=O) groups is 1. The molecule has 0 aromatic heterocycles. The number of amides is 1. The molecular weight excluding hydrogens is 376 g/mol. The van der Waals surface area contributed by atoms with Crippen molar-refractivity contribution in [1.29, 1.82) is 0 Å².